The van der Waals surface area contributed by atoms with Gasteiger partial charge in [-0.2, -0.15) is 0 Å². The molecule has 1 heterocycles. The number of nitrogens with one attached hydrogen (secondary N) is 1. The molecule has 0 bridgehead atoms. The average Bonchev–Trinajstić information content (AvgIpc) is 2.75. The summed E-state index contributed by atoms with van der Waals surface area (Å²) in [6, 6.07) is 7.59. The van der Waals surface area contributed by atoms with Crippen molar-refractivity contribution in [3.05, 3.63) is 35.4 Å². The van der Waals surface area contributed by atoms with Crippen LogP contribution in [0.25, 0.3) is 0 Å². The van der Waals surface area contributed by atoms with Gasteiger partial charge in [0.05, 0.1) is 10.5 Å². The molecule has 3 atom stereocenters. The highest BCUT2D eigenvalue weighted by Crippen LogP contribution is 2.41. The Bertz CT molecular complexity index is 729. The van der Waals surface area contributed by atoms with Crippen LogP contribution in [0.1, 0.15) is 29.2 Å². The lowest BCUT2D eigenvalue weighted by molar-refractivity contribution is -0.119. The van der Waals surface area contributed by atoms with Crippen molar-refractivity contribution in [2.45, 2.75) is 29.8 Å². The van der Waals surface area contributed by atoms with E-state index in [4.69, 9.17) is 0 Å². The summed E-state index contributed by atoms with van der Waals surface area (Å²) < 4.78 is 24.2. The maximum atomic E-state index is 12.1. The Hall–Kier alpha value is -1.34. The highest BCUT2D eigenvalue weighted by atomic mass is 32.2. The zero-order valence-electron chi connectivity index (χ0n) is 12.1. The van der Waals surface area contributed by atoms with Crippen LogP contribution < -0.4 is 5.32 Å². The first kappa shape index (κ1) is 15.6. The summed E-state index contributed by atoms with van der Waals surface area (Å²) in [6.45, 7) is 0. The molecule has 2 unspecified atom stereocenters. The first-order valence-electron chi connectivity index (χ1n) is 7.12. The Kier molecular flexibility index (Phi) is 4.03. The molecule has 1 aliphatic carbocycles. The van der Waals surface area contributed by atoms with Crippen molar-refractivity contribution in [3.63, 3.8) is 0 Å². The topological polar surface area (TPSA) is 80.3 Å². The molecule has 22 heavy (non-hydrogen) atoms. The molecule has 0 radical (unpaired) electrons. The van der Waals surface area contributed by atoms with Crippen LogP contribution in [-0.2, 0) is 21.1 Å². The number of amides is 2. The van der Waals surface area contributed by atoms with Gasteiger partial charge in [0.1, 0.15) is 0 Å². The van der Waals surface area contributed by atoms with Gasteiger partial charge >= 0.3 is 0 Å². The van der Waals surface area contributed by atoms with Gasteiger partial charge < -0.3 is 0 Å². The number of sulfone groups is 1. The third-order valence-corrected chi connectivity index (χ3v) is 6.78. The van der Waals surface area contributed by atoms with Crippen LogP contribution in [0, 0.1) is 5.92 Å². The third kappa shape index (κ3) is 3.05. The Morgan fingerprint density at radius 3 is 2.64 bits per heavy atom. The van der Waals surface area contributed by atoms with E-state index in [1.165, 1.54) is 6.26 Å². The number of fused-ring (bicyclic) bond motifs is 1. The smallest absolute Gasteiger partial charge is 0.286 e. The van der Waals surface area contributed by atoms with E-state index in [2.05, 4.69) is 5.32 Å². The zero-order chi connectivity index (χ0) is 15.9. The molecular weight excluding hydrogens is 322 g/mol. The SMILES string of the molecule is CS(=O)(=O)C1C[C@H](CC2SC(=O)NC2=O)Cc2ccccc21. The maximum absolute atomic E-state index is 12.1. The number of rotatable bonds is 3. The van der Waals surface area contributed by atoms with Gasteiger partial charge in [0.25, 0.3) is 5.24 Å². The molecule has 118 valence electrons. The minimum Gasteiger partial charge on any atom is -0.286 e. The van der Waals surface area contributed by atoms with Crippen LogP contribution in [0.2, 0.25) is 0 Å². The largest absolute Gasteiger partial charge is 0.286 e. The summed E-state index contributed by atoms with van der Waals surface area (Å²) in [7, 11) is -3.20. The molecule has 0 saturated carbocycles. The zero-order valence-corrected chi connectivity index (χ0v) is 13.7. The third-order valence-electron chi connectivity index (χ3n) is 4.29. The van der Waals surface area contributed by atoms with Crippen molar-refractivity contribution < 1.29 is 18.0 Å². The van der Waals surface area contributed by atoms with Crippen molar-refractivity contribution >= 4 is 32.7 Å². The molecule has 3 rings (SSSR count). The number of thioether (sulfide) groups is 1. The van der Waals surface area contributed by atoms with Crippen LogP contribution in [0.4, 0.5) is 4.79 Å². The summed E-state index contributed by atoms with van der Waals surface area (Å²) in [4.78, 5) is 23.0. The monoisotopic (exact) mass is 339 g/mol. The van der Waals surface area contributed by atoms with E-state index in [1.54, 1.807) is 0 Å². The Labute approximate surface area is 133 Å². The molecule has 0 spiro atoms. The van der Waals surface area contributed by atoms with Crippen LogP contribution in [0.3, 0.4) is 0 Å². The van der Waals surface area contributed by atoms with E-state index in [0.29, 0.717) is 12.8 Å². The second kappa shape index (κ2) is 5.70. The van der Waals surface area contributed by atoms with Gasteiger partial charge in [-0.3, -0.25) is 14.9 Å². The molecule has 1 N–H and O–H groups in total. The van der Waals surface area contributed by atoms with Crippen molar-refractivity contribution in [1.82, 2.24) is 5.32 Å². The molecule has 1 aromatic carbocycles. The van der Waals surface area contributed by atoms with E-state index >= 15 is 0 Å². The van der Waals surface area contributed by atoms with Crippen LogP contribution in [-0.4, -0.2) is 31.1 Å². The van der Waals surface area contributed by atoms with Gasteiger partial charge in [-0.25, -0.2) is 8.42 Å². The minimum atomic E-state index is -3.20. The van der Waals surface area contributed by atoms with Crippen molar-refractivity contribution in [3.8, 4) is 0 Å². The summed E-state index contributed by atoms with van der Waals surface area (Å²) in [5.74, 6) is -0.173. The van der Waals surface area contributed by atoms with E-state index in [9.17, 15) is 18.0 Å². The summed E-state index contributed by atoms with van der Waals surface area (Å²) in [5.41, 5.74) is 1.91. The van der Waals surface area contributed by atoms with Gasteiger partial charge in [0.15, 0.2) is 9.84 Å². The summed E-state index contributed by atoms with van der Waals surface area (Å²) in [6.07, 6.45) is 3.05. The van der Waals surface area contributed by atoms with E-state index in [1.807, 2.05) is 24.3 Å². The molecule has 5 nitrogen and oxygen atoms in total. The molecule has 1 saturated heterocycles. The molecule has 2 aliphatic rings. The fourth-order valence-corrected chi connectivity index (χ4v) is 5.56. The van der Waals surface area contributed by atoms with Crippen LogP contribution in [0.5, 0.6) is 0 Å². The highest BCUT2D eigenvalue weighted by Gasteiger charge is 2.38. The Morgan fingerprint density at radius 1 is 1.27 bits per heavy atom. The fraction of sp³-hybridized carbons (Fsp3) is 0.467. The fourth-order valence-electron chi connectivity index (χ4n) is 3.29. The van der Waals surface area contributed by atoms with Crippen molar-refractivity contribution in [1.29, 1.82) is 0 Å². The first-order chi connectivity index (χ1) is 10.3. The lowest BCUT2D eigenvalue weighted by Gasteiger charge is -2.31. The van der Waals surface area contributed by atoms with E-state index in [-0.39, 0.29) is 17.1 Å². The lowest BCUT2D eigenvalue weighted by atomic mass is 9.81. The molecule has 1 fully saturated rings. The Balaban J connectivity index is 1.84. The second-order valence-electron chi connectivity index (χ2n) is 5.94. The van der Waals surface area contributed by atoms with Gasteiger partial charge in [-0.05, 0) is 36.3 Å². The molecular formula is C15H17NO4S2. The molecule has 1 aromatic rings. The van der Waals surface area contributed by atoms with Crippen molar-refractivity contribution in [2.75, 3.05) is 6.26 Å². The van der Waals surface area contributed by atoms with Crippen LogP contribution in [0.15, 0.2) is 24.3 Å². The number of benzene rings is 1. The first-order valence-corrected chi connectivity index (χ1v) is 9.96. The molecule has 1 aliphatic heterocycles. The van der Waals surface area contributed by atoms with Crippen molar-refractivity contribution in [2.24, 2.45) is 5.92 Å². The average molecular weight is 339 g/mol. The lowest BCUT2D eigenvalue weighted by Crippen LogP contribution is -2.29. The van der Waals surface area contributed by atoms with E-state index in [0.717, 1.165) is 29.3 Å². The van der Waals surface area contributed by atoms with Gasteiger partial charge in [0, 0.05) is 6.26 Å². The molecule has 2 amide bonds. The number of hydrogen-bond donors (Lipinski definition) is 1. The summed E-state index contributed by atoms with van der Waals surface area (Å²) in [5, 5.41) is 1.05. The predicted octanol–water partition coefficient (Wildman–Crippen LogP) is 2.08. The van der Waals surface area contributed by atoms with E-state index < -0.39 is 20.3 Å². The number of carbonyl (C=O) groups excluding carboxylic acids is 2. The van der Waals surface area contributed by atoms with Crippen LogP contribution >= 0.6 is 11.8 Å². The standard InChI is InChI=1S/C15H17NO4S2/c1-22(19,20)13-8-9(6-10-4-2-3-5-11(10)13)7-12-14(17)16-15(18)21-12/h2-5,9,12-13H,6-8H2,1H3,(H,16,17,18)/t9-,12?,13?/m0/s1. The predicted molar refractivity (Wildman–Crippen MR) is 85.4 cm³/mol. The minimum absolute atomic E-state index is 0.0868. The highest BCUT2D eigenvalue weighted by molar-refractivity contribution is 8.15. The molecule has 7 heteroatoms. The quantitative estimate of drug-likeness (QED) is 0.912. The normalized spacial score (nSPS) is 28.3. The second-order valence-corrected chi connectivity index (χ2v) is 9.35. The Morgan fingerprint density at radius 2 is 2.00 bits per heavy atom. The number of hydrogen-bond acceptors (Lipinski definition) is 5. The van der Waals surface area contributed by atoms with Gasteiger partial charge in [-0.15, -0.1) is 0 Å². The van der Waals surface area contributed by atoms with Gasteiger partial charge in [-0.1, -0.05) is 36.0 Å². The molecule has 0 aromatic heterocycles. The maximum Gasteiger partial charge on any atom is 0.286 e. The van der Waals surface area contributed by atoms with Gasteiger partial charge in [0.2, 0.25) is 5.91 Å². The number of imide groups is 1. The number of carbonyl (C=O) groups is 2. The summed E-state index contributed by atoms with van der Waals surface area (Å²) >= 11 is 1.01.